The summed E-state index contributed by atoms with van der Waals surface area (Å²) in [5, 5.41) is 16.4. The summed E-state index contributed by atoms with van der Waals surface area (Å²) in [5.74, 6) is 0.882. The highest BCUT2D eigenvalue weighted by Gasteiger charge is 2.13. The van der Waals surface area contributed by atoms with Crippen molar-refractivity contribution in [1.29, 1.82) is 0 Å². The third-order valence-corrected chi connectivity index (χ3v) is 3.25. The Morgan fingerprint density at radius 2 is 2.25 bits per heavy atom. The van der Waals surface area contributed by atoms with Crippen LogP contribution in [0.1, 0.15) is 31.2 Å². The van der Waals surface area contributed by atoms with Crippen molar-refractivity contribution in [2.24, 2.45) is 5.92 Å². The van der Waals surface area contributed by atoms with Gasteiger partial charge in [0.15, 0.2) is 0 Å². The van der Waals surface area contributed by atoms with E-state index in [1.54, 1.807) is 4.68 Å². The Morgan fingerprint density at radius 3 is 3.00 bits per heavy atom. The van der Waals surface area contributed by atoms with Crippen LogP contribution in [0.4, 0.5) is 0 Å². The number of nitrogens with one attached hydrogen (secondary N) is 1. The minimum absolute atomic E-state index is 0.149. The van der Waals surface area contributed by atoms with E-state index in [9.17, 15) is 0 Å². The summed E-state index contributed by atoms with van der Waals surface area (Å²) < 4.78 is 1.78. The van der Waals surface area contributed by atoms with Gasteiger partial charge in [0, 0.05) is 18.3 Å². The van der Waals surface area contributed by atoms with Gasteiger partial charge < -0.3 is 10.4 Å². The highest BCUT2D eigenvalue weighted by atomic mass is 16.3. The summed E-state index contributed by atoms with van der Waals surface area (Å²) in [6.07, 6.45) is 9.45. The molecule has 2 rings (SSSR count). The number of rotatable bonds is 6. The minimum atomic E-state index is 0.149. The van der Waals surface area contributed by atoms with Crippen LogP contribution in [0.5, 0.6) is 0 Å². The molecular formula is C12H21N3O. The largest absolute Gasteiger partial charge is 0.394 e. The average molecular weight is 223 g/mol. The SMILES string of the molecule is OCCn1cc(CNCC2CCCC2)cn1. The number of aromatic nitrogens is 2. The van der Waals surface area contributed by atoms with Gasteiger partial charge in [0.25, 0.3) is 0 Å². The first-order chi connectivity index (χ1) is 7.88. The van der Waals surface area contributed by atoms with Crippen molar-refractivity contribution in [1.82, 2.24) is 15.1 Å². The maximum Gasteiger partial charge on any atom is 0.0640 e. The summed E-state index contributed by atoms with van der Waals surface area (Å²) in [6, 6.07) is 0. The molecule has 1 aromatic rings. The first kappa shape index (κ1) is 11.6. The highest BCUT2D eigenvalue weighted by Crippen LogP contribution is 2.23. The van der Waals surface area contributed by atoms with Gasteiger partial charge in [-0.2, -0.15) is 5.10 Å². The van der Waals surface area contributed by atoms with Crippen LogP contribution in [0.2, 0.25) is 0 Å². The lowest BCUT2D eigenvalue weighted by Crippen LogP contribution is -2.20. The average Bonchev–Trinajstić information content (AvgIpc) is 2.90. The van der Waals surface area contributed by atoms with Gasteiger partial charge in [-0.1, -0.05) is 12.8 Å². The Bertz CT molecular complexity index is 305. The molecule has 0 atom stereocenters. The predicted molar refractivity (Wildman–Crippen MR) is 63.0 cm³/mol. The molecule has 0 bridgehead atoms. The Balaban J connectivity index is 1.67. The number of nitrogens with zero attached hydrogens (tertiary/aromatic N) is 2. The molecule has 0 aromatic carbocycles. The van der Waals surface area contributed by atoms with E-state index in [2.05, 4.69) is 10.4 Å². The lowest BCUT2D eigenvalue weighted by molar-refractivity contribution is 0.269. The van der Waals surface area contributed by atoms with E-state index in [-0.39, 0.29) is 6.61 Å². The molecule has 1 fully saturated rings. The van der Waals surface area contributed by atoms with Crippen molar-refractivity contribution >= 4 is 0 Å². The summed E-state index contributed by atoms with van der Waals surface area (Å²) in [6.45, 7) is 2.76. The van der Waals surface area contributed by atoms with Crippen LogP contribution >= 0.6 is 0 Å². The van der Waals surface area contributed by atoms with Gasteiger partial charge in [-0.15, -0.1) is 0 Å². The smallest absolute Gasteiger partial charge is 0.0640 e. The standard InChI is InChI=1S/C12H21N3O/c16-6-5-15-10-12(9-14-15)8-13-7-11-3-1-2-4-11/h9-11,13,16H,1-8H2. The van der Waals surface area contributed by atoms with Crippen LogP contribution in [0.3, 0.4) is 0 Å². The first-order valence-corrected chi connectivity index (χ1v) is 6.21. The second-order valence-corrected chi connectivity index (χ2v) is 4.62. The number of aliphatic hydroxyl groups is 1. The van der Waals surface area contributed by atoms with E-state index in [1.165, 1.54) is 31.2 Å². The summed E-state index contributed by atoms with van der Waals surface area (Å²) in [7, 11) is 0. The second-order valence-electron chi connectivity index (χ2n) is 4.62. The van der Waals surface area contributed by atoms with Crippen molar-refractivity contribution in [3.8, 4) is 0 Å². The molecule has 0 aliphatic heterocycles. The zero-order valence-corrected chi connectivity index (χ0v) is 9.73. The molecule has 90 valence electrons. The van der Waals surface area contributed by atoms with Crippen molar-refractivity contribution < 1.29 is 5.11 Å². The number of hydrogen-bond donors (Lipinski definition) is 2. The van der Waals surface area contributed by atoms with Gasteiger partial charge in [-0.3, -0.25) is 4.68 Å². The first-order valence-electron chi connectivity index (χ1n) is 6.21. The molecule has 1 aliphatic carbocycles. The van der Waals surface area contributed by atoms with E-state index in [1.807, 2.05) is 12.4 Å². The predicted octanol–water partition coefficient (Wildman–Crippen LogP) is 1.16. The Morgan fingerprint density at radius 1 is 1.44 bits per heavy atom. The molecule has 0 saturated heterocycles. The van der Waals surface area contributed by atoms with Crippen LogP contribution < -0.4 is 5.32 Å². The Kier molecular flexibility index (Phi) is 4.36. The monoisotopic (exact) mass is 223 g/mol. The molecule has 1 aliphatic rings. The summed E-state index contributed by atoms with van der Waals surface area (Å²) >= 11 is 0. The Labute approximate surface area is 96.7 Å². The van der Waals surface area contributed by atoms with E-state index in [0.29, 0.717) is 6.54 Å². The fourth-order valence-corrected chi connectivity index (χ4v) is 2.36. The highest BCUT2D eigenvalue weighted by molar-refractivity contribution is 5.03. The minimum Gasteiger partial charge on any atom is -0.394 e. The normalized spacial score (nSPS) is 17.1. The number of aliphatic hydroxyl groups excluding tert-OH is 1. The fraction of sp³-hybridized carbons (Fsp3) is 0.750. The van der Waals surface area contributed by atoms with E-state index >= 15 is 0 Å². The molecule has 1 saturated carbocycles. The fourth-order valence-electron chi connectivity index (χ4n) is 2.36. The van der Waals surface area contributed by atoms with Crippen molar-refractivity contribution in [2.75, 3.05) is 13.2 Å². The van der Waals surface area contributed by atoms with Crippen molar-refractivity contribution in [3.63, 3.8) is 0 Å². The molecular weight excluding hydrogens is 202 g/mol. The molecule has 0 radical (unpaired) electrons. The maximum absolute atomic E-state index is 8.77. The zero-order chi connectivity index (χ0) is 11.2. The van der Waals surface area contributed by atoms with Crippen LogP contribution in [0.15, 0.2) is 12.4 Å². The molecule has 2 N–H and O–H groups in total. The van der Waals surface area contributed by atoms with Crippen LogP contribution in [-0.2, 0) is 13.1 Å². The van der Waals surface area contributed by atoms with Gasteiger partial charge >= 0.3 is 0 Å². The quantitative estimate of drug-likeness (QED) is 0.760. The zero-order valence-electron chi connectivity index (χ0n) is 9.73. The van der Waals surface area contributed by atoms with Crippen LogP contribution in [0, 0.1) is 5.92 Å². The lowest BCUT2D eigenvalue weighted by Gasteiger charge is -2.09. The van der Waals surface area contributed by atoms with E-state index in [4.69, 9.17) is 5.11 Å². The maximum atomic E-state index is 8.77. The summed E-state index contributed by atoms with van der Waals surface area (Å²) in [4.78, 5) is 0. The molecule has 4 heteroatoms. The molecule has 16 heavy (non-hydrogen) atoms. The number of hydrogen-bond acceptors (Lipinski definition) is 3. The third kappa shape index (κ3) is 3.32. The van der Waals surface area contributed by atoms with Crippen molar-refractivity contribution in [2.45, 2.75) is 38.8 Å². The van der Waals surface area contributed by atoms with Crippen molar-refractivity contribution in [3.05, 3.63) is 18.0 Å². The van der Waals surface area contributed by atoms with Gasteiger partial charge in [0.2, 0.25) is 0 Å². The lowest BCUT2D eigenvalue weighted by atomic mass is 10.1. The molecule has 1 heterocycles. The third-order valence-electron chi connectivity index (χ3n) is 3.25. The van der Waals surface area contributed by atoms with Crippen LogP contribution in [0.25, 0.3) is 0 Å². The van der Waals surface area contributed by atoms with Gasteiger partial charge in [0.05, 0.1) is 19.3 Å². The second kappa shape index (κ2) is 6.01. The molecule has 0 unspecified atom stereocenters. The molecule has 4 nitrogen and oxygen atoms in total. The van der Waals surface area contributed by atoms with Gasteiger partial charge in [-0.25, -0.2) is 0 Å². The molecule has 1 aromatic heterocycles. The molecule has 0 spiro atoms. The topological polar surface area (TPSA) is 50.1 Å². The Hall–Kier alpha value is -0.870. The van der Waals surface area contributed by atoms with Crippen LogP contribution in [-0.4, -0.2) is 28.0 Å². The van der Waals surface area contributed by atoms with Gasteiger partial charge in [-0.05, 0) is 25.3 Å². The molecule has 0 amide bonds. The summed E-state index contributed by atoms with van der Waals surface area (Å²) in [5.41, 5.74) is 1.20. The van der Waals surface area contributed by atoms with Gasteiger partial charge in [0.1, 0.15) is 0 Å². The van der Waals surface area contributed by atoms with E-state index < -0.39 is 0 Å². The van der Waals surface area contributed by atoms with E-state index in [0.717, 1.165) is 19.0 Å².